The van der Waals surface area contributed by atoms with Crippen LogP contribution in [0.5, 0.6) is 0 Å². The zero-order chi connectivity index (χ0) is 14.9. The molecule has 7 heteroatoms. The van der Waals surface area contributed by atoms with Gasteiger partial charge in [-0.2, -0.15) is 0 Å². The van der Waals surface area contributed by atoms with Crippen molar-refractivity contribution in [2.75, 3.05) is 5.32 Å². The molecule has 0 spiro atoms. The van der Waals surface area contributed by atoms with E-state index in [2.05, 4.69) is 10.3 Å². The quantitative estimate of drug-likeness (QED) is 0.915. The first-order valence-corrected chi connectivity index (χ1v) is 6.74. The van der Waals surface area contributed by atoms with Crippen LogP contribution < -0.4 is 11.1 Å². The van der Waals surface area contributed by atoms with Gasteiger partial charge in [-0.05, 0) is 25.5 Å². The van der Waals surface area contributed by atoms with Crippen LogP contribution in [0.15, 0.2) is 17.5 Å². The number of carbonyl (C=O) groups is 1. The Morgan fingerprint density at radius 1 is 1.40 bits per heavy atom. The summed E-state index contributed by atoms with van der Waals surface area (Å²) < 4.78 is 26.7. The van der Waals surface area contributed by atoms with Crippen molar-refractivity contribution in [3.63, 3.8) is 0 Å². The summed E-state index contributed by atoms with van der Waals surface area (Å²) in [6.07, 6.45) is 0. The van der Waals surface area contributed by atoms with E-state index in [4.69, 9.17) is 5.73 Å². The van der Waals surface area contributed by atoms with E-state index in [-0.39, 0.29) is 17.2 Å². The van der Waals surface area contributed by atoms with E-state index >= 15 is 0 Å². The van der Waals surface area contributed by atoms with Gasteiger partial charge in [0, 0.05) is 17.5 Å². The highest BCUT2D eigenvalue weighted by molar-refractivity contribution is 7.14. The molecule has 0 saturated carbocycles. The summed E-state index contributed by atoms with van der Waals surface area (Å²) in [6.45, 7) is 3.23. The second kappa shape index (κ2) is 5.64. The normalized spacial score (nSPS) is 12.2. The minimum atomic E-state index is -0.908. The van der Waals surface area contributed by atoms with Gasteiger partial charge in [0.2, 0.25) is 0 Å². The van der Waals surface area contributed by atoms with Gasteiger partial charge in [0.25, 0.3) is 5.91 Å². The molecule has 3 N–H and O–H groups in total. The summed E-state index contributed by atoms with van der Waals surface area (Å²) in [5, 5.41) is 4.51. The standard InChI is InChI=1S/C13H13F2N3OS/c1-6-3-8(10(15)4-9(6)14)12(19)18-13-17-11(5-20-13)7(2)16/h3-5,7H,16H2,1-2H3,(H,17,18,19). The Labute approximate surface area is 118 Å². The average Bonchev–Trinajstić information content (AvgIpc) is 2.82. The maximum atomic E-state index is 13.6. The predicted molar refractivity (Wildman–Crippen MR) is 73.8 cm³/mol. The SMILES string of the molecule is Cc1cc(C(=O)Nc2nc(C(C)N)cs2)c(F)cc1F. The Kier molecular flexibility index (Phi) is 4.10. The molecule has 1 aromatic carbocycles. The number of carbonyl (C=O) groups excluding carboxylic acids is 1. The molecule has 0 saturated heterocycles. The van der Waals surface area contributed by atoms with Crippen molar-refractivity contribution in [2.24, 2.45) is 5.73 Å². The number of anilines is 1. The van der Waals surface area contributed by atoms with E-state index in [1.807, 2.05) is 0 Å². The maximum absolute atomic E-state index is 13.6. The van der Waals surface area contributed by atoms with E-state index in [1.165, 1.54) is 24.3 Å². The molecule has 1 heterocycles. The number of thiazole rings is 1. The lowest BCUT2D eigenvalue weighted by atomic mass is 10.1. The number of nitrogens with zero attached hydrogens (tertiary/aromatic N) is 1. The number of halogens is 2. The summed E-state index contributed by atoms with van der Waals surface area (Å²) in [5.41, 5.74) is 6.28. The first-order valence-electron chi connectivity index (χ1n) is 5.86. The fourth-order valence-electron chi connectivity index (χ4n) is 1.55. The van der Waals surface area contributed by atoms with Crippen LogP contribution in [0, 0.1) is 18.6 Å². The largest absolute Gasteiger partial charge is 0.323 e. The molecule has 4 nitrogen and oxygen atoms in total. The van der Waals surface area contributed by atoms with Crippen LogP contribution in [-0.2, 0) is 0 Å². The molecule has 0 aliphatic carbocycles. The number of rotatable bonds is 3. The molecular formula is C13H13F2N3OS. The fraction of sp³-hybridized carbons (Fsp3) is 0.231. The van der Waals surface area contributed by atoms with Crippen molar-refractivity contribution in [3.05, 3.63) is 46.0 Å². The summed E-state index contributed by atoms with van der Waals surface area (Å²) in [7, 11) is 0. The summed E-state index contributed by atoms with van der Waals surface area (Å²) in [4.78, 5) is 16.0. The van der Waals surface area contributed by atoms with Crippen molar-refractivity contribution >= 4 is 22.4 Å². The molecule has 1 atom stereocenters. The number of aryl methyl sites for hydroxylation is 1. The molecule has 106 valence electrons. The molecule has 0 aliphatic rings. The van der Waals surface area contributed by atoms with Crippen LogP contribution in [0.1, 0.15) is 34.6 Å². The molecule has 0 fully saturated rings. The second-order valence-electron chi connectivity index (χ2n) is 4.40. The number of nitrogens with one attached hydrogen (secondary N) is 1. The van der Waals surface area contributed by atoms with Crippen molar-refractivity contribution < 1.29 is 13.6 Å². The predicted octanol–water partition coefficient (Wildman–Crippen LogP) is 3.00. The maximum Gasteiger partial charge on any atom is 0.260 e. The lowest BCUT2D eigenvalue weighted by Crippen LogP contribution is -2.14. The third-order valence-electron chi connectivity index (χ3n) is 2.70. The summed E-state index contributed by atoms with van der Waals surface area (Å²) in [6, 6.07) is 1.61. The van der Waals surface area contributed by atoms with Gasteiger partial charge in [-0.25, -0.2) is 13.8 Å². The van der Waals surface area contributed by atoms with Crippen LogP contribution in [0.25, 0.3) is 0 Å². The van der Waals surface area contributed by atoms with E-state index < -0.39 is 17.5 Å². The van der Waals surface area contributed by atoms with Gasteiger partial charge in [-0.3, -0.25) is 10.1 Å². The van der Waals surface area contributed by atoms with Crippen molar-refractivity contribution in [1.82, 2.24) is 4.98 Å². The summed E-state index contributed by atoms with van der Waals surface area (Å²) >= 11 is 1.19. The third kappa shape index (κ3) is 3.00. The Morgan fingerprint density at radius 2 is 2.10 bits per heavy atom. The second-order valence-corrected chi connectivity index (χ2v) is 5.26. The molecule has 1 unspecified atom stereocenters. The van der Waals surface area contributed by atoms with Crippen LogP contribution >= 0.6 is 11.3 Å². The number of benzene rings is 1. The Balaban J connectivity index is 2.21. The minimum absolute atomic E-state index is 0.201. The molecule has 1 amide bonds. The van der Waals surface area contributed by atoms with E-state index in [0.29, 0.717) is 16.9 Å². The number of hydrogen-bond donors (Lipinski definition) is 2. The van der Waals surface area contributed by atoms with Gasteiger partial charge in [0.05, 0.1) is 11.3 Å². The monoisotopic (exact) mass is 297 g/mol. The lowest BCUT2D eigenvalue weighted by molar-refractivity contribution is 0.102. The molecule has 20 heavy (non-hydrogen) atoms. The van der Waals surface area contributed by atoms with Crippen LogP contribution in [0.4, 0.5) is 13.9 Å². The topological polar surface area (TPSA) is 68.0 Å². The van der Waals surface area contributed by atoms with Crippen molar-refractivity contribution in [1.29, 1.82) is 0 Å². The van der Waals surface area contributed by atoms with Gasteiger partial charge >= 0.3 is 0 Å². The number of amides is 1. The average molecular weight is 297 g/mol. The zero-order valence-electron chi connectivity index (χ0n) is 10.9. The number of aromatic nitrogens is 1. The van der Waals surface area contributed by atoms with E-state index in [1.54, 1.807) is 12.3 Å². The van der Waals surface area contributed by atoms with Crippen LogP contribution in [0.2, 0.25) is 0 Å². The molecule has 2 rings (SSSR count). The van der Waals surface area contributed by atoms with Crippen LogP contribution in [-0.4, -0.2) is 10.9 Å². The Bertz CT molecular complexity index is 655. The van der Waals surface area contributed by atoms with Crippen molar-refractivity contribution in [3.8, 4) is 0 Å². The highest BCUT2D eigenvalue weighted by Gasteiger charge is 2.16. The van der Waals surface area contributed by atoms with Crippen LogP contribution in [0.3, 0.4) is 0 Å². The van der Waals surface area contributed by atoms with Gasteiger partial charge in [0.1, 0.15) is 11.6 Å². The highest BCUT2D eigenvalue weighted by atomic mass is 32.1. The molecule has 0 aliphatic heterocycles. The molecular weight excluding hydrogens is 284 g/mol. The molecule has 0 radical (unpaired) electrons. The van der Waals surface area contributed by atoms with Gasteiger partial charge < -0.3 is 5.73 Å². The molecule has 1 aromatic heterocycles. The van der Waals surface area contributed by atoms with E-state index in [0.717, 1.165) is 0 Å². The number of nitrogens with two attached hydrogens (primary N) is 1. The minimum Gasteiger partial charge on any atom is -0.323 e. The third-order valence-corrected chi connectivity index (χ3v) is 3.48. The number of hydrogen-bond acceptors (Lipinski definition) is 4. The zero-order valence-corrected chi connectivity index (χ0v) is 11.7. The smallest absolute Gasteiger partial charge is 0.260 e. The van der Waals surface area contributed by atoms with E-state index in [9.17, 15) is 13.6 Å². The van der Waals surface area contributed by atoms with Crippen molar-refractivity contribution in [2.45, 2.75) is 19.9 Å². The summed E-state index contributed by atoms with van der Waals surface area (Å²) in [5.74, 6) is -2.27. The van der Waals surface area contributed by atoms with Gasteiger partial charge in [0.15, 0.2) is 5.13 Å². The highest BCUT2D eigenvalue weighted by Crippen LogP contribution is 2.21. The molecule has 2 aromatic rings. The molecule has 0 bridgehead atoms. The first-order chi connectivity index (χ1) is 9.38. The Morgan fingerprint density at radius 3 is 2.70 bits per heavy atom. The Hall–Kier alpha value is -1.86. The van der Waals surface area contributed by atoms with Gasteiger partial charge in [-0.15, -0.1) is 11.3 Å². The van der Waals surface area contributed by atoms with Gasteiger partial charge in [-0.1, -0.05) is 0 Å². The first kappa shape index (κ1) is 14.5. The lowest BCUT2D eigenvalue weighted by Gasteiger charge is -2.05. The fourth-order valence-corrected chi connectivity index (χ4v) is 2.36.